The molecule has 1 aliphatic heterocycles. The van der Waals surface area contributed by atoms with Crippen LogP contribution in [0.15, 0.2) is 60.7 Å². The lowest BCUT2D eigenvalue weighted by Crippen LogP contribution is -2.52. The van der Waals surface area contributed by atoms with Gasteiger partial charge in [0.25, 0.3) is 5.91 Å². The monoisotopic (exact) mass is 578 g/mol. The minimum atomic E-state index is -1.20. The van der Waals surface area contributed by atoms with Crippen molar-refractivity contribution >= 4 is 17.5 Å². The molecule has 42 heavy (non-hydrogen) atoms. The van der Waals surface area contributed by atoms with E-state index < -0.39 is 29.8 Å². The van der Waals surface area contributed by atoms with Crippen LogP contribution in [0.2, 0.25) is 0 Å². The first-order chi connectivity index (χ1) is 20.4. The quantitative estimate of drug-likeness (QED) is 0.372. The van der Waals surface area contributed by atoms with Gasteiger partial charge in [-0.15, -0.1) is 0 Å². The zero-order chi connectivity index (χ0) is 29.6. The predicted octanol–water partition coefficient (Wildman–Crippen LogP) is 5.21. The number of ether oxygens (including phenoxy) is 5. The van der Waals surface area contributed by atoms with E-state index in [0.717, 1.165) is 32.1 Å². The van der Waals surface area contributed by atoms with Crippen LogP contribution in [-0.4, -0.2) is 51.9 Å². The van der Waals surface area contributed by atoms with Gasteiger partial charge in [-0.2, -0.15) is 0 Å². The number of amides is 2. The second-order valence-corrected chi connectivity index (χ2v) is 10.3. The average Bonchev–Trinajstić information content (AvgIpc) is 3.03. The second-order valence-electron chi connectivity index (χ2n) is 10.3. The van der Waals surface area contributed by atoms with Crippen LogP contribution in [0.25, 0.3) is 0 Å². The molecule has 1 saturated carbocycles. The van der Waals surface area contributed by atoms with Gasteiger partial charge in [-0.3, -0.25) is 14.5 Å². The van der Waals surface area contributed by atoms with Gasteiger partial charge in [-0.25, -0.2) is 4.39 Å². The summed E-state index contributed by atoms with van der Waals surface area (Å²) >= 11 is 0. The molecule has 0 bridgehead atoms. The lowest BCUT2D eigenvalue weighted by Gasteiger charge is -2.36. The summed E-state index contributed by atoms with van der Waals surface area (Å²) in [4.78, 5) is 30.0. The summed E-state index contributed by atoms with van der Waals surface area (Å²) in [6, 6.07) is 14.5. The summed E-state index contributed by atoms with van der Waals surface area (Å²) in [5, 5.41) is 3.16. The van der Waals surface area contributed by atoms with E-state index in [-0.39, 0.29) is 12.6 Å². The Morgan fingerprint density at radius 3 is 2.17 bits per heavy atom. The minimum Gasteiger partial charge on any atom is -0.493 e. The van der Waals surface area contributed by atoms with Gasteiger partial charge in [0.1, 0.15) is 18.5 Å². The summed E-state index contributed by atoms with van der Waals surface area (Å²) in [6.07, 6.45) is 3.74. The van der Waals surface area contributed by atoms with Crippen LogP contribution in [0.4, 0.5) is 10.1 Å². The van der Waals surface area contributed by atoms with Crippen molar-refractivity contribution < 1.29 is 37.7 Å². The molecule has 1 N–H and O–H groups in total. The highest BCUT2D eigenvalue weighted by molar-refractivity contribution is 6.04. The van der Waals surface area contributed by atoms with E-state index in [4.69, 9.17) is 23.7 Å². The van der Waals surface area contributed by atoms with Gasteiger partial charge in [-0.05, 0) is 66.9 Å². The number of para-hydroxylation sites is 2. The van der Waals surface area contributed by atoms with Crippen LogP contribution in [0, 0.1) is 5.82 Å². The first-order valence-corrected chi connectivity index (χ1v) is 14.0. The number of nitrogens with zero attached hydrogens (tertiary/aromatic N) is 1. The summed E-state index contributed by atoms with van der Waals surface area (Å²) in [7, 11) is 4.44. The van der Waals surface area contributed by atoms with Gasteiger partial charge in [0.15, 0.2) is 23.0 Å². The Kier molecular flexibility index (Phi) is 9.00. The van der Waals surface area contributed by atoms with Crippen LogP contribution in [0.5, 0.6) is 28.7 Å². The zero-order valence-corrected chi connectivity index (χ0v) is 23.9. The van der Waals surface area contributed by atoms with Crippen molar-refractivity contribution in [3.63, 3.8) is 0 Å². The van der Waals surface area contributed by atoms with Crippen molar-refractivity contribution in [1.29, 1.82) is 0 Å². The molecule has 0 aromatic heterocycles. The number of methoxy groups -OCH3 is 3. The Hall–Kier alpha value is -4.47. The number of halogens is 1. The fourth-order valence-electron chi connectivity index (χ4n) is 5.51. The van der Waals surface area contributed by atoms with E-state index in [1.165, 1.54) is 50.5 Å². The number of rotatable bonds is 9. The van der Waals surface area contributed by atoms with Gasteiger partial charge in [0, 0.05) is 11.7 Å². The van der Waals surface area contributed by atoms with Gasteiger partial charge >= 0.3 is 0 Å². The third-order valence-electron chi connectivity index (χ3n) is 7.59. The largest absolute Gasteiger partial charge is 0.493 e. The molecule has 0 radical (unpaired) electrons. The lowest BCUT2D eigenvalue weighted by atomic mass is 9.94. The first kappa shape index (κ1) is 29.0. The van der Waals surface area contributed by atoms with Crippen molar-refractivity contribution in [1.82, 2.24) is 5.32 Å². The summed E-state index contributed by atoms with van der Waals surface area (Å²) in [5.74, 6) is 0.506. The fraction of sp³-hybridized carbons (Fsp3) is 0.375. The minimum absolute atomic E-state index is 0.0397. The molecular weight excluding hydrogens is 543 g/mol. The molecule has 10 heteroatoms. The van der Waals surface area contributed by atoms with E-state index in [1.807, 2.05) is 6.07 Å². The number of carbonyl (C=O) groups excluding carboxylic acids is 2. The van der Waals surface area contributed by atoms with E-state index in [9.17, 15) is 14.0 Å². The van der Waals surface area contributed by atoms with Crippen molar-refractivity contribution in [2.75, 3.05) is 32.8 Å². The molecule has 1 aliphatic carbocycles. The Morgan fingerprint density at radius 2 is 1.55 bits per heavy atom. The molecule has 0 spiro atoms. The van der Waals surface area contributed by atoms with E-state index in [1.54, 1.807) is 30.3 Å². The topological polar surface area (TPSA) is 95.6 Å². The zero-order valence-electron chi connectivity index (χ0n) is 23.9. The maximum atomic E-state index is 14.4. The molecule has 3 aromatic rings. The lowest BCUT2D eigenvalue weighted by molar-refractivity contribution is -0.132. The maximum absolute atomic E-state index is 14.4. The van der Waals surface area contributed by atoms with Crippen molar-refractivity contribution in [3.8, 4) is 28.7 Å². The Bertz CT molecular complexity index is 1380. The Labute approximate surface area is 244 Å². The standard InChI is InChI=1S/C32H35FN2O7/c1-38-26-17-20(18-27(39-2)30(26)40-3)29(31(36)34-22-9-5-4-6-10-22)35(23-15-13-21(33)14-16-23)32(37)28-19-41-24-11-7-8-12-25(24)42-28/h7-8,11-18,22,28-29H,4-6,9-10,19H2,1-3H3,(H,34,36)/t28-,29+/m1/s1. The maximum Gasteiger partial charge on any atom is 0.272 e. The summed E-state index contributed by atoms with van der Waals surface area (Å²) in [5.41, 5.74) is 0.717. The Morgan fingerprint density at radius 1 is 0.905 bits per heavy atom. The van der Waals surface area contributed by atoms with Crippen LogP contribution >= 0.6 is 0 Å². The molecule has 2 atom stereocenters. The highest BCUT2D eigenvalue weighted by Crippen LogP contribution is 2.42. The molecule has 2 aliphatic rings. The highest BCUT2D eigenvalue weighted by Gasteiger charge is 2.40. The van der Waals surface area contributed by atoms with Crippen molar-refractivity contribution in [3.05, 3.63) is 72.0 Å². The number of fused-ring (bicyclic) bond motifs is 1. The second kappa shape index (κ2) is 13.0. The summed E-state index contributed by atoms with van der Waals surface area (Å²) in [6.45, 7) is -0.0697. The van der Waals surface area contributed by atoms with E-state index in [0.29, 0.717) is 40.0 Å². The van der Waals surface area contributed by atoms with Gasteiger partial charge < -0.3 is 29.0 Å². The van der Waals surface area contributed by atoms with Gasteiger partial charge in [0.2, 0.25) is 17.8 Å². The molecule has 9 nitrogen and oxygen atoms in total. The predicted molar refractivity (Wildman–Crippen MR) is 154 cm³/mol. The molecule has 0 unspecified atom stereocenters. The fourth-order valence-corrected chi connectivity index (χ4v) is 5.51. The molecule has 0 saturated heterocycles. The van der Waals surface area contributed by atoms with Crippen LogP contribution in [-0.2, 0) is 9.59 Å². The van der Waals surface area contributed by atoms with Crippen LogP contribution < -0.4 is 33.9 Å². The Balaban J connectivity index is 1.62. The van der Waals surface area contributed by atoms with Crippen molar-refractivity contribution in [2.45, 2.75) is 50.3 Å². The number of nitrogens with one attached hydrogen (secondary N) is 1. The molecule has 222 valence electrons. The number of carbonyl (C=O) groups is 2. The number of hydrogen-bond donors (Lipinski definition) is 1. The van der Waals surface area contributed by atoms with Crippen LogP contribution in [0.3, 0.4) is 0 Å². The van der Waals surface area contributed by atoms with Crippen LogP contribution in [0.1, 0.15) is 43.7 Å². The average molecular weight is 579 g/mol. The number of anilines is 1. The SMILES string of the molecule is COc1cc([C@@H](C(=O)NC2CCCCC2)N(C(=O)[C@H]2COc3ccccc3O2)c2ccc(F)cc2)cc(OC)c1OC. The third-order valence-corrected chi connectivity index (χ3v) is 7.59. The number of benzene rings is 3. The normalized spacial score (nSPS) is 17.1. The summed E-state index contributed by atoms with van der Waals surface area (Å²) < 4.78 is 42.6. The molecule has 3 aromatic carbocycles. The molecule has 2 amide bonds. The molecular formula is C32H35FN2O7. The number of hydrogen-bond acceptors (Lipinski definition) is 7. The highest BCUT2D eigenvalue weighted by atomic mass is 19.1. The van der Waals surface area contributed by atoms with E-state index >= 15 is 0 Å². The van der Waals surface area contributed by atoms with Gasteiger partial charge in [-0.1, -0.05) is 31.4 Å². The third kappa shape index (κ3) is 6.07. The molecule has 1 heterocycles. The van der Waals surface area contributed by atoms with Crippen molar-refractivity contribution in [2.24, 2.45) is 0 Å². The smallest absolute Gasteiger partial charge is 0.272 e. The van der Waals surface area contributed by atoms with E-state index in [2.05, 4.69) is 5.32 Å². The molecule has 5 rings (SSSR count). The molecule has 1 fully saturated rings. The first-order valence-electron chi connectivity index (χ1n) is 14.0. The van der Waals surface area contributed by atoms with Gasteiger partial charge in [0.05, 0.1) is 21.3 Å².